The van der Waals surface area contributed by atoms with Gasteiger partial charge in [-0.15, -0.1) is 0 Å². The van der Waals surface area contributed by atoms with Gasteiger partial charge < -0.3 is 5.32 Å². The van der Waals surface area contributed by atoms with Crippen LogP contribution in [0.3, 0.4) is 0 Å². The standard InChI is InChI=1S/C15H12BrF2NO/c1-8-4-3-5-9(2)14(8)19-15(20)13-11(17)6-10(16)7-12(13)18/h3-7H,1-2H3,(H,19,20). The van der Waals surface area contributed by atoms with Crippen LogP contribution in [-0.2, 0) is 0 Å². The molecule has 0 unspecified atom stereocenters. The van der Waals surface area contributed by atoms with Gasteiger partial charge in [0.05, 0.1) is 0 Å². The third-order valence-electron chi connectivity index (χ3n) is 2.95. The maximum atomic E-state index is 13.7. The van der Waals surface area contributed by atoms with Crippen molar-refractivity contribution in [1.29, 1.82) is 0 Å². The zero-order valence-corrected chi connectivity index (χ0v) is 12.5. The van der Waals surface area contributed by atoms with E-state index < -0.39 is 23.1 Å². The van der Waals surface area contributed by atoms with Gasteiger partial charge in [0.25, 0.3) is 5.91 Å². The highest BCUT2D eigenvalue weighted by molar-refractivity contribution is 9.10. The number of anilines is 1. The Morgan fingerprint density at radius 3 is 2.10 bits per heavy atom. The molecule has 0 saturated carbocycles. The highest BCUT2D eigenvalue weighted by Crippen LogP contribution is 2.23. The summed E-state index contributed by atoms with van der Waals surface area (Å²) >= 11 is 2.97. The molecule has 0 aliphatic carbocycles. The molecular formula is C15H12BrF2NO. The van der Waals surface area contributed by atoms with Crippen molar-refractivity contribution in [3.8, 4) is 0 Å². The zero-order chi connectivity index (χ0) is 14.9. The second-order valence-electron chi connectivity index (χ2n) is 4.47. The average Bonchev–Trinajstić information content (AvgIpc) is 2.32. The van der Waals surface area contributed by atoms with E-state index in [0.717, 1.165) is 23.3 Å². The van der Waals surface area contributed by atoms with Crippen LogP contribution in [0, 0.1) is 25.5 Å². The number of para-hydroxylation sites is 1. The Labute approximate surface area is 123 Å². The monoisotopic (exact) mass is 339 g/mol. The minimum absolute atomic E-state index is 0.246. The van der Waals surface area contributed by atoms with Gasteiger partial charge in [0.2, 0.25) is 0 Å². The number of hydrogen-bond donors (Lipinski definition) is 1. The van der Waals surface area contributed by atoms with Crippen LogP contribution in [0.1, 0.15) is 21.5 Å². The molecule has 0 bridgehead atoms. The van der Waals surface area contributed by atoms with Gasteiger partial charge in [-0.25, -0.2) is 8.78 Å². The Morgan fingerprint density at radius 1 is 1.10 bits per heavy atom. The van der Waals surface area contributed by atoms with Crippen molar-refractivity contribution < 1.29 is 13.6 Å². The summed E-state index contributed by atoms with van der Waals surface area (Å²) in [5, 5.41) is 2.56. The fraction of sp³-hybridized carbons (Fsp3) is 0.133. The molecule has 0 aromatic heterocycles. The molecule has 2 rings (SSSR count). The number of nitrogens with one attached hydrogen (secondary N) is 1. The lowest BCUT2D eigenvalue weighted by atomic mass is 10.1. The molecule has 0 aliphatic rings. The first-order valence-corrected chi connectivity index (χ1v) is 6.71. The van der Waals surface area contributed by atoms with E-state index in [1.807, 2.05) is 32.0 Å². The average molecular weight is 340 g/mol. The van der Waals surface area contributed by atoms with Gasteiger partial charge in [-0.1, -0.05) is 34.1 Å². The number of rotatable bonds is 2. The summed E-state index contributed by atoms with van der Waals surface area (Å²) in [6.07, 6.45) is 0. The molecule has 5 heteroatoms. The number of halogens is 3. The Kier molecular flexibility index (Phi) is 4.18. The smallest absolute Gasteiger partial charge is 0.261 e. The SMILES string of the molecule is Cc1cccc(C)c1NC(=O)c1c(F)cc(Br)cc1F. The topological polar surface area (TPSA) is 29.1 Å². The predicted molar refractivity (Wildman–Crippen MR) is 77.9 cm³/mol. The molecular weight excluding hydrogens is 328 g/mol. The van der Waals surface area contributed by atoms with Crippen molar-refractivity contribution in [2.24, 2.45) is 0 Å². The molecule has 1 N–H and O–H groups in total. The molecule has 2 nitrogen and oxygen atoms in total. The van der Waals surface area contributed by atoms with Crippen molar-refractivity contribution in [3.05, 3.63) is 63.1 Å². The summed E-state index contributed by atoms with van der Waals surface area (Å²) in [6, 6.07) is 7.60. The summed E-state index contributed by atoms with van der Waals surface area (Å²) in [4.78, 5) is 12.1. The molecule has 2 aromatic rings. The van der Waals surface area contributed by atoms with Crippen LogP contribution in [0.4, 0.5) is 14.5 Å². The van der Waals surface area contributed by atoms with Gasteiger partial charge in [-0.2, -0.15) is 0 Å². The van der Waals surface area contributed by atoms with Gasteiger partial charge in [-0.3, -0.25) is 4.79 Å². The van der Waals surface area contributed by atoms with Gasteiger partial charge in [-0.05, 0) is 37.1 Å². The molecule has 0 spiro atoms. The number of benzene rings is 2. The van der Waals surface area contributed by atoms with E-state index in [1.54, 1.807) is 0 Å². The van der Waals surface area contributed by atoms with E-state index in [2.05, 4.69) is 21.2 Å². The van der Waals surface area contributed by atoms with Crippen LogP contribution in [-0.4, -0.2) is 5.91 Å². The quantitative estimate of drug-likeness (QED) is 0.851. The van der Waals surface area contributed by atoms with Crippen molar-refractivity contribution >= 4 is 27.5 Å². The Bertz CT molecular complexity index is 642. The largest absolute Gasteiger partial charge is 0.321 e. The van der Waals surface area contributed by atoms with Gasteiger partial charge in [0.1, 0.15) is 17.2 Å². The van der Waals surface area contributed by atoms with Crippen LogP contribution >= 0.6 is 15.9 Å². The zero-order valence-electron chi connectivity index (χ0n) is 10.9. The van der Waals surface area contributed by atoms with E-state index in [4.69, 9.17) is 0 Å². The lowest BCUT2D eigenvalue weighted by molar-refractivity contribution is 0.101. The number of hydrogen-bond acceptors (Lipinski definition) is 1. The molecule has 1 amide bonds. The first-order chi connectivity index (χ1) is 9.40. The summed E-state index contributed by atoms with van der Waals surface area (Å²) in [5.74, 6) is -2.61. The van der Waals surface area contributed by atoms with Crippen molar-refractivity contribution in [2.45, 2.75) is 13.8 Å². The van der Waals surface area contributed by atoms with Crippen LogP contribution in [0.15, 0.2) is 34.8 Å². The van der Waals surface area contributed by atoms with Gasteiger partial charge in [0, 0.05) is 10.2 Å². The lowest BCUT2D eigenvalue weighted by Gasteiger charge is -2.12. The summed E-state index contributed by atoms with van der Waals surface area (Å²) in [5.41, 5.74) is 1.64. The second kappa shape index (κ2) is 5.71. The molecule has 104 valence electrons. The van der Waals surface area contributed by atoms with Crippen LogP contribution < -0.4 is 5.32 Å². The molecule has 0 radical (unpaired) electrons. The van der Waals surface area contributed by atoms with E-state index >= 15 is 0 Å². The molecule has 0 saturated heterocycles. The normalized spacial score (nSPS) is 10.4. The lowest BCUT2D eigenvalue weighted by Crippen LogP contribution is -2.17. The van der Waals surface area contributed by atoms with Gasteiger partial charge in [0.15, 0.2) is 0 Å². The Hall–Kier alpha value is -1.75. The summed E-state index contributed by atoms with van der Waals surface area (Å²) in [6.45, 7) is 3.63. The van der Waals surface area contributed by atoms with E-state index in [-0.39, 0.29) is 4.47 Å². The summed E-state index contributed by atoms with van der Waals surface area (Å²) < 4.78 is 27.7. The fourth-order valence-electron chi connectivity index (χ4n) is 1.95. The molecule has 0 fully saturated rings. The predicted octanol–water partition coefficient (Wildman–Crippen LogP) is 4.60. The van der Waals surface area contributed by atoms with Crippen LogP contribution in [0.25, 0.3) is 0 Å². The Balaban J connectivity index is 2.39. The van der Waals surface area contributed by atoms with E-state index in [1.165, 1.54) is 0 Å². The van der Waals surface area contributed by atoms with Gasteiger partial charge >= 0.3 is 0 Å². The fourth-order valence-corrected chi connectivity index (χ4v) is 2.35. The molecule has 0 atom stereocenters. The highest BCUT2D eigenvalue weighted by Gasteiger charge is 2.19. The molecule has 0 heterocycles. The molecule has 0 aliphatic heterocycles. The minimum atomic E-state index is -0.902. The van der Waals surface area contributed by atoms with E-state index in [0.29, 0.717) is 5.69 Å². The number of amides is 1. The third-order valence-corrected chi connectivity index (χ3v) is 3.41. The van der Waals surface area contributed by atoms with Crippen molar-refractivity contribution in [1.82, 2.24) is 0 Å². The van der Waals surface area contributed by atoms with Crippen molar-refractivity contribution in [2.75, 3.05) is 5.32 Å². The van der Waals surface area contributed by atoms with Crippen molar-refractivity contribution in [3.63, 3.8) is 0 Å². The van der Waals surface area contributed by atoms with Crippen LogP contribution in [0.5, 0.6) is 0 Å². The first-order valence-electron chi connectivity index (χ1n) is 5.92. The second-order valence-corrected chi connectivity index (χ2v) is 5.38. The number of aryl methyl sites for hydroxylation is 2. The minimum Gasteiger partial charge on any atom is -0.321 e. The van der Waals surface area contributed by atoms with E-state index in [9.17, 15) is 13.6 Å². The maximum absolute atomic E-state index is 13.7. The molecule has 2 aromatic carbocycles. The highest BCUT2D eigenvalue weighted by atomic mass is 79.9. The first kappa shape index (κ1) is 14.7. The number of carbonyl (C=O) groups excluding carboxylic acids is 1. The summed E-state index contributed by atoms with van der Waals surface area (Å²) in [7, 11) is 0. The maximum Gasteiger partial charge on any atom is 0.261 e. The third kappa shape index (κ3) is 2.88. The number of carbonyl (C=O) groups is 1. The Morgan fingerprint density at radius 2 is 1.60 bits per heavy atom. The molecule has 20 heavy (non-hydrogen) atoms. The van der Waals surface area contributed by atoms with Crippen LogP contribution in [0.2, 0.25) is 0 Å².